The zero-order valence-corrected chi connectivity index (χ0v) is 11.3. The van der Waals surface area contributed by atoms with E-state index in [1.54, 1.807) is 7.11 Å². The highest BCUT2D eigenvalue weighted by molar-refractivity contribution is 5.93. The quantitative estimate of drug-likeness (QED) is 0.715. The summed E-state index contributed by atoms with van der Waals surface area (Å²) in [7, 11) is 1.69. The van der Waals surface area contributed by atoms with E-state index in [0.29, 0.717) is 12.2 Å². The minimum absolute atomic E-state index is 0.247. The smallest absolute Gasteiger partial charge is 0.207 e. The minimum Gasteiger partial charge on any atom is -0.467 e. The molecule has 3 nitrogen and oxygen atoms in total. The molecule has 0 fully saturated rings. The fourth-order valence-electron chi connectivity index (χ4n) is 3.38. The Balaban J connectivity index is 1.98. The standard InChI is InChI=1S/C15H20O3/c1-14-8-7-12-10(11(14)4-5-13(14)16)6-9-15(2,17-3)18-12/h4H,5-9H2,1-3H3/t14-,15?/m0/s1. The highest BCUT2D eigenvalue weighted by atomic mass is 16.7. The van der Waals surface area contributed by atoms with Crippen LogP contribution in [0.1, 0.15) is 46.0 Å². The summed E-state index contributed by atoms with van der Waals surface area (Å²) in [5.74, 6) is 0.920. The fraction of sp³-hybridized carbons (Fsp3) is 0.667. The van der Waals surface area contributed by atoms with E-state index in [4.69, 9.17) is 9.47 Å². The third-order valence-corrected chi connectivity index (χ3v) is 4.82. The van der Waals surface area contributed by atoms with Crippen molar-refractivity contribution in [3.63, 3.8) is 0 Å². The Kier molecular flexibility index (Phi) is 2.46. The highest BCUT2D eigenvalue weighted by Gasteiger charge is 2.47. The monoisotopic (exact) mass is 248 g/mol. The van der Waals surface area contributed by atoms with Crippen LogP contribution in [-0.4, -0.2) is 18.7 Å². The second-order valence-electron chi connectivity index (χ2n) is 5.92. The maximum absolute atomic E-state index is 12.0. The number of ether oxygens (including phenoxy) is 2. The molecule has 1 unspecified atom stereocenters. The van der Waals surface area contributed by atoms with Gasteiger partial charge in [-0.25, -0.2) is 0 Å². The van der Waals surface area contributed by atoms with Gasteiger partial charge in [-0.2, -0.15) is 0 Å². The molecular weight excluding hydrogens is 228 g/mol. The predicted octanol–water partition coefficient (Wildman–Crippen LogP) is 3.11. The molecule has 3 aliphatic rings. The van der Waals surface area contributed by atoms with Gasteiger partial charge in [0.2, 0.25) is 5.79 Å². The Bertz CT molecular complexity index is 474. The highest BCUT2D eigenvalue weighted by Crippen LogP contribution is 2.52. The molecule has 2 aliphatic carbocycles. The van der Waals surface area contributed by atoms with Crippen LogP contribution in [0.25, 0.3) is 0 Å². The number of rotatable bonds is 1. The van der Waals surface area contributed by atoms with Crippen molar-refractivity contribution in [1.82, 2.24) is 0 Å². The molecular formula is C15H20O3. The molecule has 98 valence electrons. The first-order valence-corrected chi connectivity index (χ1v) is 6.69. The summed E-state index contributed by atoms with van der Waals surface area (Å²) >= 11 is 0. The van der Waals surface area contributed by atoms with E-state index in [9.17, 15) is 4.79 Å². The molecule has 0 aromatic rings. The lowest BCUT2D eigenvalue weighted by molar-refractivity contribution is -0.199. The van der Waals surface area contributed by atoms with Gasteiger partial charge in [0, 0.05) is 33.3 Å². The number of hydrogen-bond donors (Lipinski definition) is 0. The summed E-state index contributed by atoms with van der Waals surface area (Å²) < 4.78 is 11.5. The van der Waals surface area contributed by atoms with E-state index in [1.807, 2.05) is 6.92 Å². The van der Waals surface area contributed by atoms with E-state index >= 15 is 0 Å². The van der Waals surface area contributed by atoms with Crippen LogP contribution in [0.2, 0.25) is 0 Å². The normalized spacial score (nSPS) is 39.1. The maximum atomic E-state index is 12.0. The van der Waals surface area contributed by atoms with Gasteiger partial charge in [0.05, 0.1) is 5.41 Å². The first kappa shape index (κ1) is 12.0. The average Bonchev–Trinajstić information content (AvgIpc) is 2.66. The lowest BCUT2D eigenvalue weighted by Gasteiger charge is -2.42. The Morgan fingerprint density at radius 2 is 2.06 bits per heavy atom. The van der Waals surface area contributed by atoms with Gasteiger partial charge in [0.1, 0.15) is 11.5 Å². The van der Waals surface area contributed by atoms with Gasteiger partial charge in [-0.05, 0) is 30.9 Å². The van der Waals surface area contributed by atoms with Crippen molar-refractivity contribution >= 4 is 5.78 Å². The molecule has 1 heterocycles. The van der Waals surface area contributed by atoms with Gasteiger partial charge in [0.15, 0.2) is 0 Å². The van der Waals surface area contributed by atoms with Crippen molar-refractivity contribution in [2.45, 2.75) is 51.7 Å². The Hall–Kier alpha value is -1.09. The third-order valence-electron chi connectivity index (χ3n) is 4.82. The molecule has 0 radical (unpaired) electrons. The lowest BCUT2D eigenvalue weighted by Crippen LogP contribution is -2.38. The van der Waals surface area contributed by atoms with Crippen LogP contribution in [0.4, 0.5) is 0 Å². The third kappa shape index (κ3) is 1.50. The molecule has 3 rings (SSSR count). The van der Waals surface area contributed by atoms with Gasteiger partial charge in [-0.3, -0.25) is 4.79 Å². The Morgan fingerprint density at radius 1 is 1.28 bits per heavy atom. The van der Waals surface area contributed by atoms with Gasteiger partial charge >= 0.3 is 0 Å². The van der Waals surface area contributed by atoms with Crippen LogP contribution in [0.5, 0.6) is 0 Å². The molecule has 0 spiro atoms. The first-order valence-electron chi connectivity index (χ1n) is 6.69. The number of allylic oxidation sites excluding steroid dienone is 4. The average molecular weight is 248 g/mol. The lowest BCUT2D eigenvalue weighted by atomic mass is 9.69. The molecule has 0 amide bonds. The summed E-state index contributed by atoms with van der Waals surface area (Å²) in [5.41, 5.74) is 2.25. The fourth-order valence-corrected chi connectivity index (χ4v) is 3.38. The van der Waals surface area contributed by atoms with Crippen LogP contribution in [0.3, 0.4) is 0 Å². The minimum atomic E-state index is -0.490. The number of Topliss-reactive ketones (excluding diaryl/α,β-unsaturated/α-hetero) is 1. The number of carbonyl (C=O) groups excluding carboxylic acids is 1. The van der Waals surface area contributed by atoms with Crippen molar-refractivity contribution in [3.8, 4) is 0 Å². The second kappa shape index (κ2) is 3.70. The molecule has 0 saturated heterocycles. The van der Waals surface area contributed by atoms with Crippen molar-refractivity contribution in [3.05, 3.63) is 23.0 Å². The molecule has 0 saturated carbocycles. The zero-order chi connectivity index (χ0) is 13.0. The number of methoxy groups -OCH3 is 1. The molecule has 0 bridgehead atoms. The zero-order valence-electron chi connectivity index (χ0n) is 11.3. The number of fused-ring (bicyclic) bond motifs is 2. The SMILES string of the molecule is COC1(C)CCC2=C(CC[C@]3(C)C(=O)CC=C23)O1. The van der Waals surface area contributed by atoms with E-state index in [2.05, 4.69) is 13.0 Å². The summed E-state index contributed by atoms with van der Waals surface area (Å²) in [5, 5.41) is 0. The first-order chi connectivity index (χ1) is 8.48. The molecule has 3 heteroatoms. The summed E-state index contributed by atoms with van der Waals surface area (Å²) in [4.78, 5) is 12.0. The van der Waals surface area contributed by atoms with Crippen LogP contribution in [-0.2, 0) is 14.3 Å². The molecule has 1 aliphatic heterocycles. The van der Waals surface area contributed by atoms with Gasteiger partial charge in [-0.15, -0.1) is 0 Å². The van der Waals surface area contributed by atoms with Crippen LogP contribution < -0.4 is 0 Å². The van der Waals surface area contributed by atoms with Gasteiger partial charge < -0.3 is 9.47 Å². The summed E-state index contributed by atoms with van der Waals surface area (Å²) in [6, 6.07) is 0. The van der Waals surface area contributed by atoms with Crippen molar-refractivity contribution in [2.75, 3.05) is 7.11 Å². The van der Waals surface area contributed by atoms with E-state index in [1.165, 1.54) is 11.1 Å². The number of carbonyl (C=O) groups is 1. The van der Waals surface area contributed by atoms with Gasteiger partial charge in [-0.1, -0.05) is 6.08 Å². The molecule has 0 aromatic carbocycles. The van der Waals surface area contributed by atoms with Crippen LogP contribution in [0, 0.1) is 5.41 Å². The van der Waals surface area contributed by atoms with Gasteiger partial charge in [0.25, 0.3) is 0 Å². The predicted molar refractivity (Wildman–Crippen MR) is 67.8 cm³/mol. The number of ketones is 1. The number of hydrogen-bond acceptors (Lipinski definition) is 3. The second-order valence-corrected chi connectivity index (χ2v) is 5.92. The Labute approximate surface area is 108 Å². The van der Waals surface area contributed by atoms with Crippen molar-refractivity contribution in [2.24, 2.45) is 5.41 Å². The van der Waals surface area contributed by atoms with Crippen molar-refractivity contribution in [1.29, 1.82) is 0 Å². The molecule has 2 atom stereocenters. The van der Waals surface area contributed by atoms with Crippen molar-refractivity contribution < 1.29 is 14.3 Å². The molecule has 0 aromatic heterocycles. The van der Waals surface area contributed by atoms with Crippen LogP contribution in [0.15, 0.2) is 23.0 Å². The summed E-state index contributed by atoms with van der Waals surface area (Å²) in [6.45, 7) is 4.07. The van der Waals surface area contributed by atoms with E-state index in [-0.39, 0.29) is 5.41 Å². The van der Waals surface area contributed by atoms with Crippen LogP contribution >= 0.6 is 0 Å². The largest absolute Gasteiger partial charge is 0.467 e. The maximum Gasteiger partial charge on any atom is 0.207 e. The topological polar surface area (TPSA) is 35.5 Å². The van der Waals surface area contributed by atoms with E-state index < -0.39 is 5.79 Å². The van der Waals surface area contributed by atoms with E-state index in [0.717, 1.165) is 31.4 Å². The summed E-state index contributed by atoms with van der Waals surface area (Å²) in [6.07, 6.45) is 6.22. The molecule has 0 N–H and O–H groups in total. The Morgan fingerprint density at radius 3 is 2.78 bits per heavy atom. The molecule has 18 heavy (non-hydrogen) atoms.